The van der Waals surface area contributed by atoms with E-state index in [4.69, 9.17) is 0 Å². The molecular formula is C15H11F4N3O4. The average molecular weight is 373 g/mol. The van der Waals surface area contributed by atoms with Gasteiger partial charge in [0, 0.05) is 18.8 Å². The number of aromatic nitrogens is 1. The standard InChI is InChI=1S/C15H11F4N3O4/c1-26-14(23)9-4-12(22(24)25)13(21-7-9)20-6-8-2-3-10(16)5-11(8)15(17,18)19/h2-5,7H,6H2,1H3,(H,20,21). The highest BCUT2D eigenvalue weighted by molar-refractivity contribution is 5.90. The number of halogens is 4. The molecule has 0 unspecified atom stereocenters. The molecule has 26 heavy (non-hydrogen) atoms. The maximum atomic E-state index is 13.1. The molecule has 1 aromatic carbocycles. The first-order chi connectivity index (χ1) is 12.1. The number of anilines is 1. The number of alkyl halides is 3. The molecule has 1 heterocycles. The van der Waals surface area contributed by atoms with Gasteiger partial charge in [-0.2, -0.15) is 13.2 Å². The molecule has 0 spiro atoms. The highest BCUT2D eigenvalue weighted by atomic mass is 19.4. The zero-order valence-corrected chi connectivity index (χ0v) is 13.1. The lowest BCUT2D eigenvalue weighted by molar-refractivity contribution is -0.384. The Labute approximate surface area is 143 Å². The number of methoxy groups -OCH3 is 1. The number of ether oxygens (including phenoxy) is 1. The fourth-order valence-corrected chi connectivity index (χ4v) is 2.10. The van der Waals surface area contributed by atoms with E-state index >= 15 is 0 Å². The highest BCUT2D eigenvalue weighted by Gasteiger charge is 2.33. The van der Waals surface area contributed by atoms with Crippen molar-refractivity contribution in [3.8, 4) is 0 Å². The number of carbonyl (C=O) groups is 1. The molecule has 1 aromatic heterocycles. The third-order valence-electron chi connectivity index (χ3n) is 3.31. The lowest BCUT2D eigenvalue weighted by Crippen LogP contribution is -2.13. The molecule has 7 nitrogen and oxygen atoms in total. The molecule has 0 aliphatic rings. The predicted molar refractivity (Wildman–Crippen MR) is 81.0 cm³/mol. The van der Waals surface area contributed by atoms with E-state index in [1.165, 1.54) is 0 Å². The zero-order valence-electron chi connectivity index (χ0n) is 13.1. The summed E-state index contributed by atoms with van der Waals surface area (Å²) in [4.78, 5) is 25.3. The van der Waals surface area contributed by atoms with E-state index in [0.29, 0.717) is 6.07 Å². The van der Waals surface area contributed by atoms with Crippen LogP contribution in [0.1, 0.15) is 21.5 Å². The van der Waals surface area contributed by atoms with Gasteiger partial charge in [0.25, 0.3) is 0 Å². The van der Waals surface area contributed by atoms with E-state index in [9.17, 15) is 32.5 Å². The fourth-order valence-electron chi connectivity index (χ4n) is 2.10. The molecule has 0 saturated carbocycles. The van der Waals surface area contributed by atoms with E-state index in [1.807, 2.05) is 0 Å². The topological polar surface area (TPSA) is 94.4 Å². The predicted octanol–water partition coefficient (Wildman–Crippen LogP) is 3.55. The number of esters is 1. The number of pyridine rings is 1. The van der Waals surface area contributed by atoms with Crippen molar-refractivity contribution < 1.29 is 32.0 Å². The summed E-state index contributed by atoms with van der Waals surface area (Å²) in [7, 11) is 1.08. The summed E-state index contributed by atoms with van der Waals surface area (Å²) in [6, 6.07) is 2.98. The van der Waals surface area contributed by atoms with Crippen LogP contribution in [0, 0.1) is 15.9 Å². The number of rotatable bonds is 5. The lowest BCUT2D eigenvalue weighted by Gasteiger charge is -2.14. The van der Waals surface area contributed by atoms with Gasteiger partial charge >= 0.3 is 17.8 Å². The second-order valence-corrected chi connectivity index (χ2v) is 4.99. The molecule has 0 aliphatic carbocycles. The van der Waals surface area contributed by atoms with Gasteiger partial charge in [0.1, 0.15) is 5.82 Å². The SMILES string of the molecule is COC(=O)c1cnc(NCc2ccc(F)cc2C(F)(F)F)c([N+](=O)[O-])c1. The van der Waals surface area contributed by atoms with Crippen LogP contribution in [0.15, 0.2) is 30.5 Å². The number of nitro groups is 1. The van der Waals surface area contributed by atoms with Gasteiger partial charge < -0.3 is 10.1 Å². The van der Waals surface area contributed by atoms with Crippen LogP contribution < -0.4 is 5.32 Å². The van der Waals surface area contributed by atoms with Gasteiger partial charge in [0.15, 0.2) is 0 Å². The molecule has 0 saturated heterocycles. The van der Waals surface area contributed by atoms with Gasteiger partial charge in [-0.05, 0) is 17.7 Å². The second kappa shape index (κ2) is 7.33. The fraction of sp³-hybridized carbons (Fsp3) is 0.200. The van der Waals surface area contributed by atoms with Gasteiger partial charge in [0.2, 0.25) is 5.82 Å². The van der Waals surface area contributed by atoms with Crippen LogP contribution in [0.2, 0.25) is 0 Å². The lowest BCUT2D eigenvalue weighted by atomic mass is 10.1. The molecule has 2 aromatic rings. The van der Waals surface area contributed by atoms with Crippen LogP contribution in [0.3, 0.4) is 0 Å². The van der Waals surface area contributed by atoms with Crippen LogP contribution in [0.5, 0.6) is 0 Å². The summed E-state index contributed by atoms with van der Waals surface area (Å²) in [5.41, 5.74) is -2.35. The summed E-state index contributed by atoms with van der Waals surface area (Å²) >= 11 is 0. The number of carbonyl (C=O) groups excluding carboxylic acids is 1. The van der Waals surface area contributed by atoms with Crippen molar-refractivity contribution in [3.05, 3.63) is 63.1 Å². The Balaban J connectivity index is 2.33. The molecule has 138 valence electrons. The second-order valence-electron chi connectivity index (χ2n) is 4.99. The van der Waals surface area contributed by atoms with Gasteiger partial charge in [-0.25, -0.2) is 14.2 Å². The summed E-state index contributed by atoms with van der Waals surface area (Å²) in [5.74, 6) is -2.27. The smallest absolute Gasteiger partial charge is 0.416 e. The summed E-state index contributed by atoms with van der Waals surface area (Å²) in [6.45, 7) is -0.499. The third kappa shape index (κ3) is 4.23. The molecule has 0 amide bonds. The van der Waals surface area contributed by atoms with Crippen molar-refractivity contribution in [1.82, 2.24) is 4.98 Å². The van der Waals surface area contributed by atoms with E-state index < -0.39 is 40.7 Å². The molecular weight excluding hydrogens is 362 g/mol. The first kappa shape index (κ1) is 19.1. The Kier molecular flexibility index (Phi) is 5.38. The van der Waals surface area contributed by atoms with Gasteiger partial charge in [0.05, 0.1) is 23.2 Å². The molecule has 11 heteroatoms. The third-order valence-corrected chi connectivity index (χ3v) is 3.31. The van der Waals surface area contributed by atoms with Crippen molar-refractivity contribution in [1.29, 1.82) is 0 Å². The van der Waals surface area contributed by atoms with Gasteiger partial charge in [-0.3, -0.25) is 10.1 Å². The Morgan fingerprint density at radius 1 is 1.35 bits per heavy atom. The van der Waals surface area contributed by atoms with Crippen LogP contribution in [0.25, 0.3) is 0 Å². The average Bonchev–Trinajstić information content (AvgIpc) is 2.58. The van der Waals surface area contributed by atoms with Crippen LogP contribution in [0.4, 0.5) is 29.1 Å². The van der Waals surface area contributed by atoms with E-state index in [2.05, 4.69) is 15.0 Å². The number of hydrogen-bond donors (Lipinski definition) is 1. The molecule has 0 radical (unpaired) electrons. The normalized spacial score (nSPS) is 11.1. The Morgan fingerprint density at radius 3 is 2.62 bits per heavy atom. The van der Waals surface area contributed by atoms with Crippen LogP contribution in [-0.4, -0.2) is 23.0 Å². The monoisotopic (exact) mass is 373 g/mol. The maximum Gasteiger partial charge on any atom is 0.416 e. The Hall–Kier alpha value is -3.24. The maximum absolute atomic E-state index is 13.1. The summed E-state index contributed by atoms with van der Waals surface area (Å²) in [6.07, 6.45) is -3.82. The molecule has 0 aliphatic heterocycles. The quantitative estimate of drug-likeness (QED) is 0.373. The first-order valence-corrected chi connectivity index (χ1v) is 6.95. The zero-order chi connectivity index (χ0) is 19.5. The Bertz CT molecular complexity index is 855. The first-order valence-electron chi connectivity index (χ1n) is 6.95. The number of nitrogens with one attached hydrogen (secondary N) is 1. The minimum Gasteiger partial charge on any atom is -0.465 e. The van der Waals surface area contributed by atoms with E-state index in [1.54, 1.807) is 0 Å². The molecule has 0 bridgehead atoms. The number of hydrogen-bond acceptors (Lipinski definition) is 6. The summed E-state index contributed by atoms with van der Waals surface area (Å²) in [5, 5.41) is 13.5. The van der Waals surface area contributed by atoms with Crippen molar-refractivity contribution in [2.75, 3.05) is 12.4 Å². The Morgan fingerprint density at radius 2 is 2.04 bits per heavy atom. The highest BCUT2D eigenvalue weighted by Crippen LogP contribution is 2.33. The number of nitrogens with zero attached hydrogens (tertiary/aromatic N) is 2. The van der Waals surface area contributed by atoms with Crippen molar-refractivity contribution >= 4 is 17.5 Å². The van der Waals surface area contributed by atoms with Crippen molar-refractivity contribution in [2.24, 2.45) is 0 Å². The minimum absolute atomic E-state index is 0.192. The molecule has 2 rings (SSSR count). The molecule has 1 N–H and O–H groups in total. The van der Waals surface area contributed by atoms with E-state index in [-0.39, 0.29) is 16.9 Å². The molecule has 0 atom stereocenters. The minimum atomic E-state index is -4.80. The van der Waals surface area contributed by atoms with Crippen molar-refractivity contribution in [3.63, 3.8) is 0 Å². The van der Waals surface area contributed by atoms with E-state index in [0.717, 1.165) is 31.5 Å². The summed E-state index contributed by atoms with van der Waals surface area (Å²) < 4.78 is 56.4. The van der Waals surface area contributed by atoms with Crippen LogP contribution >= 0.6 is 0 Å². The van der Waals surface area contributed by atoms with Gasteiger partial charge in [-0.1, -0.05) is 6.07 Å². The number of benzene rings is 1. The van der Waals surface area contributed by atoms with Crippen LogP contribution in [-0.2, 0) is 17.5 Å². The molecule has 0 fully saturated rings. The van der Waals surface area contributed by atoms with Gasteiger partial charge in [-0.15, -0.1) is 0 Å². The largest absolute Gasteiger partial charge is 0.465 e. The van der Waals surface area contributed by atoms with Crippen molar-refractivity contribution in [2.45, 2.75) is 12.7 Å².